The van der Waals surface area contributed by atoms with Gasteiger partial charge in [-0.05, 0) is 23.8 Å². The minimum atomic E-state index is -0.494. The van der Waals surface area contributed by atoms with Gasteiger partial charge in [0.15, 0.2) is 0 Å². The maximum Gasteiger partial charge on any atom is 0.222 e. The predicted octanol–water partition coefficient (Wildman–Crippen LogP) is 2.98. The van der Waals surface area contributed by atoms with E-state index in [0.717, 1.165) is 0 Å². The van der Waals surface area contributed by atoms with E-state index in [1.165, 1.54) is 30.4 Å². The van der Waals surface area contributed by atoms with Crippen LogP contribution in [0.15, 0.2) is 71.9 Å². The van der Waals surface area contributed by atoms with E-state index >= 15 is 0 Å². The smallest absolute Gasteiger partial charge is 0.222 e. The van der Waals surface area contributed by atoms with E-state index in [-0.39, 0.29) is 17.0 Å². The Morgan fingerprint density at radius 2 is 1.71 bits per heavy atom. The molecule has 0 bridgehead atoms. The van der Waals surface area contributed by atoms with Gasteiger partial charge in [-0.15, -0.1) is 0 Å². The molecule has 0 saturated heterocycles. The molecular formula is C16H11N2O3-. The molecule has 0 radical (unpaired) electrons. The normalized spacial score (nSPS) is 14.4. The van der Waals surface area contributed by atoms with Crippen molar-refractivity contribution < 1.29 is 10.0 Å². The molecule has 1 aromatic rings. The number of benzene rings is 1. The van der Waals surface area contributed by atoms with E-state index in [1.54, 1.807) is 24.3 Å². The van der Waals surface area contributed by atoms with Crippen LogP contribution < -0.4 is 0 Å². The van der Waals surface area contributed by atoms with Crippen molar-refractivity contribution in [1.82, 2.24) is 0 Å². The number of aliphatic hydroxyl groups is 1. The summed E-state index contributed by atoms with van der Waals surface area (Å²) in [5.41, 5.74) is 1.20. The zero-order chi connectivity index (χ0) is 15.2. The van der Waals surface area contributed by atoms with Crippen LogP contribution in [-0.4, -0.2) is 15.7 Å². The van der Waals surface area contributed by atoms with Gasteiger partial charge in [-0.1, -0.05) is 30.3 Å². The first-order chi connectivity index (χ1) is 10.1. The van der Waals surface area contributed by atoms with Gasteiger partial charge in [0.05, 0.1) is 5.57 Å². The van der Waals surface area contributed by atoms with Crippen LogP contribution in [-0.2, 0) is 0 Å². The average Bonchev–Trinajstić information content (AvgIpc) is 2.53. The van der Waals surface area contributed by atoms with Gasteiger partial charge in [-0.2, -0.15) is 10.2 Å². The van der Waals surface area contributed by atoms with Crippen LogP contribution in [0.25, 0.3) is 5.76 Å². The Morgan fingerprint density at radius 3 is 2.24 bits per heavy atom. The molecule has 0 fully saturated rings. The molecular weight excluding hydrogens is 268 g/mol. The second-order valence-electron chi connectivity index (χ2n) is 4.23. The van der Waals surface area contributed by atoms with E-state index in [2.05, 4.69) is 0 Å². The van der Waals surface area contributed by atoms with Crippen molar-refractivity contribution in [1.29, 1.82) is 5.26 Å². The van der Waals surface area contributed by atoms with E-state index in [0.29, 0.717) is 11.1 Å². The van der Waals surface area contributed by atoms with Crippen molar-refractivity contribution in [3.05, 3.63) is 87.8 Å². The molecule has 0 spiro atoms. The molecule has 0 heterocycles. The van der Waals surface area contributed by atoms with Crippen LogP contribution in [0.3, 0.4) is 0 Å². The zero-order valence-corrected chi connectivity index (χ0v) is 10.9. The summed E-state index contributed by atoms with van der Waals surface area (Å²) in [4.78, 5) is -0.494. The molecule has 0 amide bonds. The fourth-order valence-corrected chi connectivity index (χ4v) is 1.76. The summed E-state index contributed by atoms with van der Waals surface area (Å²) >= 11 is 0. The highest BCUT2D eigenvalue weighted by Crippen LogP contribution is 2.19. The van der Waals surface area contributed by atoms with Gasteiger partial charge in [0.25, 0.3) is 0 Å². The lowest BCUT2D eigenvalue weighted by atomic mass is 10.0. The molecule has 2 rings (SSSR count). The largest absolute Gasteiger partial charge is 0.612 e. The van der Waals surface area contributed by atoms with Gasteiger partial charge < -0.3 is 15.5 Å². The number of hydrogen-bond donors (Lipinski definition) is 1. The lowest BCUT2D eigenvalue weighted by Gasteiger charge is -2.08. The van der Waals surface area contributed by atoms with Gasteiger partial charge in [0, 0.05) is 17.7 Å². The van der Waals surface area contributed by atoms with Crippen molar-refractivity contribution in [2.45, 2.75) is 0 Å². The highest BCUT2D eigenvalue weighted by Gasteiger charge is 2.08. The maximum atomic E-state index is 10.6. The summed E-state index contributed by atoms with van der Waals surface area (Å²) < 4.78 is 0. The van der Waals surface area contributed by atoms with Gasteiger partial charge in [0.2, 0.25) is 5.71 Å². The van der Waals surface area contributed by atoms with E-state index in [4.69, 9.17) is 5.26 Å². The van der Waals surface area contributed by atoms with Gasteiger partial charge in [0.1, 0.15) is 11.8 Å². The van der Waals surface area contributed by atoms with Crippen LogP contribution in [0.4, 0.5) is 0 Å². The predicted molar refractivity (Wildman–Crippen MR) is 80.0 cm³/mol. The number of allylic oxidation sites excluding steroid dienone is 7. The van der Waals surface area contributed by atoms with Crippen LogP contribution in [0, 0.1) is 21.7 Å². The van der Waals surface area contributed by atoms with E-state index in [9.17, 15) is 15.5 Å². The minimum absolute atomic E-state index is 0.0260. The molecule has 0 saturated carbocycles. The number of nitriles is 1. The average molecular weight is 279 g/mol. The fourth-order valence-electron chi connectivity index (χ4n) is 1.76. The Balaban J connectivity index is 2.36. The summed E-state index contributed by atoms with van der Waals surface area (Å²) in [5.74, 6) is -0.128. The summed E-state index contributed by atoms with van der Waals surface area (Å²) in [5, 5.41) is 40.4. The fraction of sp³-hybridized carbons (Fsp3) is 0. The Hall–Kier alpha value is -3.26. The molecule has 1 aliphatic carbocycles. The van der Waals surface area contributed by atoms with Gasteiger partial charge in [-0.3, -0.25) is 0 Å². The first-order valence-corrected chi connectivity index (χ1v) is 6.10. The molecule has 5 nitrogen and oxygen atoms in total. The molecule has 21 heavy (non-hydrogen) atoms. The maximum absolute atomic E-state index is 10.6. The Bertz CT molecular complexity index is 711. The quantitative estimate of drug-likeness (QED) is 0.390. The van der Waals surface area contributed by atoms with Crippen molar-refractivity contribution in [3.8, 4) is 6.07 Å². The first kappa shape index (κ1) is 14.2. The molecule has 104 valence electrons. The first-order valence-electron chi connectivity index (χ1n) is 6.10. The summed E-state index contributed by atoms with van der Waals surface area (Å²) in [7, 11) is 0. The number of rotatable bonds is 2. The van der Waals surface area contributed by atoms with Crippen LogP contribution in [0.1, 0.15) is 5.56 Å². The monoisotopic (exact) mass is 279 g/mol. The molecule has 1 aromatic carbocycles. The molecule has 0 unspecified atom stereocenters. The van der Waals surface area contributed by atoms with Crippen LogP contribution in [0.2, 0.25) is 0 Å². The number of aliphatic hydroxyl groups excluding tert-OH is 1. The van der Waals surface area contributed by atoms with Gasteiger partial charge in [-0.25, -0.2) is 0 Å². The Morgan fingerprint density at radius 1 is 1.10 bits per heavy atom. The summed E-state index contributed by atoms with van der Waals surface area (Å²) in [6.07, 6.45) is 7.22. The molecule has 0 atom stereocenters. The zero-order valence-electron chi connectivity index (χ0n) is 10.9. The molecule has 1 N–H and O–H groups in total. The van der Waals surface area contributed by atoms with E-state index in [1.807, 2.05) is 12.1 Å². The topological polar surface area (TPSA) is 93.2 Å². The third-order valence-electron chi connectivity index (χ3n) is 2.84. The Kier molecular flexibility index (Phi) is 4.22. The molecule has 0 aliphatic heterocycles. The highest BCUT2D eigenvalue weighted by molar-refractivity contribution is 6.02. The molecule has 0 aromatic heterocycles. The lowest BCUT2D eigenvalue weighted by Crippen LogP contribution is -2.06. The van der Waals surface area contributed by atoms with Crippen molar-refractivity contribution in [2.75, 3.05) is 0 Å². The number of nitrogens with zero attached hydrogens (tertiary/aromatic N) is 2. The third-order valence-corrected chi connectivity index (χ3v) is 2.84. The second-order valence-corrected chi connectivity index (χ2v) is 4.23. The van der Waals surface area contributed by atoms with Crippen LogP contribution >= 0.6 is 0 Å². The number of hydrogen-bond acceptors (Lipinski definition) is 4. The van der Waals surface area contributed by atoms with E-state index < -0.39 is 4.90 Å². The molecule has 1 aliphatic rings. The highest BCUT2D eigenvalue weighted by atomic mass is 16.8. The van der Waals surface area contributed by atoms with Crippen molar-refractivity contribution in [2.24, 2.45) is 0 Å². The minimum Gasteiger partial charge on any atom is -0.612 e. The molecule has 5 heteroatoms. The Labute approximate surface area is 121 Å². The van der Waals surface area contributed by atoms with Crippen molar-refractivity contribution in [3.63, 3.8) is 0 Å². The van der Waals surface area contributed by atoms with Gasteiger partial charge >= 0.3 is 0 Å². The summed E-state index contributed by atoms with van der Waals surface area (Å²) in [6.45, 7) is 0. The van der Waals surface area contributed by atoms with Crippen LogP contribution in [0.5, 0.6) is 0 Å². The SMILES string of the molecule is N#CC(C=C1C=CC(=[N+]([O-])[O-])C=C1)=C(O)c1ccccc1. The second kappa shape index (κ2) is 6.26. The lowest BCUT2D eigenvalue weighted by molar-refractivity contribution is -0.377. The third kappa shape index (κ3) is 3.39. The summed E-state index contributed by atoms with van der Waals surface area (Å²) in [6, 6.07) is 10.6. The standard InChI is InChI=1S/C16H11N2O3/c17-11-14(16(19)13-4-2-1-3-5-13)10-12-6-8-15(9-7-12)18(20)21/h1-10H,(H-,19,20,21)/q-1. The van der Waals surface area contributed by atoms with Crippen molar-refractivity contribution >= 4 is 11.5 Å².